The summed E-state index contributed by atoms with van der Waals surface area (Å²) in [5.41, 5.74) is 3.17. The van der Waals surface area contributed by atoms with Gasteiger partial charge in [0.05, 0.1) is 12.4 Å². The number of hydrogen-bond acceptors (Lipinski definition) is 4. The van der Waals surface area contributed by atoms with E-state index in [0.717, 1.165) is 11.3 Å². The number of aryl methyl sites for hydroxylation is 1. The molecule has 0 aliphatic carbocycles. The Morgan fingerprint density at radius 2 is 1.93 bits per heavy atom. The van der Waals surface area contributed by atoms with Gasteiger partial charge >= 0.3 is 5.97 Å². The topological polar surface area (TPSA) is 84.2 Å². The van der Waals surface area contributed by atoms with E-state index in [1.165, 1.54) is 12.5 Å². The highest BCUT2D eigenvalue weighted by atomic mass is 16.4. The zero-order chi connectivity index (χ0) is 20.0. The summed E-state index contributed by atoms with van der Waals surface area (Å²) in [5.74, 6) is -0.704. The summed E-state index contributed by atoms with van der Waals surface area (Å²) in [6.45, 7) is 8.23. The van der Waals surface area contributed by atoms with Crippen molar-refractivity contribution in [2.24, 2.45) is 5.92 Å². The zero-order valence-electron chi connectivity index (χ0n) is 16.5. The normalized spacial score (nSPS) is 13.5. The minimum Gasteiger partial charge on any atom is -0.480 e. The van der Waals surface area contributed by atoms with Crippen LogP contribution in [0.4, 0.5) is 0 Å². The summed E-state index contributed by atoms with van der Waals surface area (Å²) in [7, 11) is 0. The van der Waals surface area contributed by atoms with Gasteiger partial charge in [-0.1, -0.05) is 38.1 Å². The van der Waals surface area contributed by atoms with Crippen LogP contribution in [0.25, 0.3) is 0 Å². The molecular weight excluding hydrogens is 342 g/mol. The minimum absolute atomic E-state index is 0.0385. The van der Waals surface area contributed by atoms with Crippen molar-refractivity contribution in [3.8, 4) is 0 Å². The van der Waals surface area contributed by atoms with Crippen LogP contribution in [0.5, 0.6) is 0 Å². The number of carbonyl (C=O) groups excluding carboxylic acids is 1. The predicted molar refractivity (Wildman–Crippen MR) is 105 cm³/mol. The largest absolute Gasteiger partial charge is 0.480 e. The third kappa shape index (κ3) is 6.03. The average molecular weight is 371 g/mol. The fourth-order valence-corrected chi connectivity index (χ4v) is 3.12. The molecule has 0 aliphatic heterocycles. The Labute approximate surface area is 160 Å². The van der Waals surface area contributed by atoms with Crippen molar-refractivity contribution in [1.29, 1.82) is 0 Å². The van der Waals surface area contributed by atoms with E-state index in [1.807, 2.05) is 30.5 Å². The number of ketones is 1. The number of aromatic nitrogens is 2. The lowest BCUT2D eigenvalue weighted by Crippen LogP contribution is -2.48. The van der Waals surface area contributed by atoms with Crippen molar-refractivity contribution in [2.45, 2.75) is 59.2 Å². The van der Waals surface area contributed by atoms with E-state index < -0.39 is 18.1 Å². The van der Waals surface area contributed by atoms with Crippen molar-refractivity contribution in [3.63, 3.8) is 0 Å². The molecule has 0 bridgehead atoms. The second-order valence-corrected chi connectivity index (χ2v) is 7.49. The molecule has 0 amide bonds. The second kappa shape index (κ2) is 9.46. The molecule has 0 saturated carbocycles. The van der Waals surface area contributed by atoms with Crippen LogP contribution in [-0.2, 0) is 22.6 Å². The third-order valence-electron chi connectivity index (χ3n) is 4.71. The number of nitrogens with one attached hydrogen (secondary N) is 1. The van der Waals surface area contributed by atoms with Crippen LogP contribution >= 0.6 is 0 Å². The number of carbonyl (C=O) groups is 2. The molecule has 1 aromatic carbocycles. The van der Waals surface area contributed by atoms with E-state index in [9.17, 15) is 14.7 Å². The van der Waals surface area contributed by atoms with E-state index in [2.05, 4.69) is 29.4 Å². The fraction of sp³-hybridized carbons (Fsp3) is 0.476. The van der Waals surface area contributed by atoms with E-state index in [4.69, 9.17) is 0 Å². The summed E-state index contributed by atoms with van der Waals surface area (Å²) in [5, 5.41) is 12.7. The molecule has 0 saturated heterocycles. The first kappa shape index (κ1) is 20.8. The van der Waals surface area contributed by atoms with Gasteiger partial charge in [-0.15, -0.1) is 0 Å². The van der Waals surface area contributed by atoms with Crippen LogP contribution in [-0.4, -0.2) is 38.5 Å². The molecule has 0 aliphatic rings. The maximum absolute atomic E-state index is 11.9. The Balaban J connectivity index is 2.15. The zero-order valence-corrected chi connectivity index (χ0v) is 16.5. The second-order valence-electron chi connectivity index (χ2n) is 7.49. The van der Waals surface area contributed by atoms with Gasteiger partial charge in [-0.25, -0.2) is 4.98 Å². The molecule has 2 aromatic rings. The summed E-state index contributed by atoms with van der Waals surface area (Å²) in [6.07, 6.45) is 4.29. The number of aliphatic carboxylic acids is 1. The van der Waals surface area contributed by atoms with E-state index in [1.54, 1.807) is 12.5 Å². The lowest BCUT2D eigenvalue weighted by Gasteiger charge is -2.23. The summed E-state index contributed by atoms with van der Waals surface area (Å²) >= 11 is 0. The Bertz CT molecular complexity index is 782. The first-order chi connectivity index (χ1) is 12.8. The number of Topliss-reactive ketones (excluding diaryl/α,β-unsaturated/α-hetero) is 1. The van der Waals surface area contributed by atoms with E-state index in [-0.39, 0.29) is 12.2 Å². The van der Waals surface area contributed by atoms with Gasteiger partial charge in [0.25, 0.3) is 0 Å². The summed E-state index contributed by atoms with van der Waals surface area (Å²) < 4.78 is 1.96. The smallest absolute Gasteiger partial charge is 0.321 e. The number of carboxylic acids is 1. The van der Waals surface area contributed by atoms with Gasteiger partial charge in [0.1, 0.15) is 11.8 Å². The van der Waals surface area contributed by atoms with Gasteiger partial charge < -0.3 is 9.67 Å². The highest BCUT2D eigenvalue weighted by Gasteiger charge is 2.26. The Hall–Kier alpha value is -2.47. The number of rotatable bonds is 10. The first-order valence-electron chi connectivity index (χ1n) is 9.30. The molecule has 1 aromatic heterocycles. The minimum atomic E-state index is -0.964. The molecular formula is C21H29N3O3. The molecule has 2 atom stereocenters. The Morgan fingerprint density at radius 3 is 2.52 bits per heavy atom. The molecule has 0 radical (unpaired) electrons. The molecule has 6 nitrogen and oxygen atoms in total. The standard InChI is InChI=1S/C21H29N3O3/c1-14(2)9-19(16(4)25)23-20(21(26)27)10-18-11-22-13-24(18)12-17-8-6-5-7-15(17)3/h5-8,11,13-14,19-20,23H,9-10,12H2,1-4H3,(H,26,27). The lowest BCUT2D eigenvalue weighted by molar-refractivity contribution is -0.139. The molecule has 2 N–H and O–H groups in total. The number of carboxylic acid groups (broad SMARTS) is 1. The molecule has 2 rings (SSSR count). The monoisotopic (exact) mass is 371 g/mol. The van der Waals surface area contributed by atoms with Crippen LogP contribution < -0.4 is 5.32 Å². The van der Waals surface area contributed by atoms with Crippen LogP contribution in [0.2, 0.25) is 0 Å². The Kier molecular flexibility index (Phi) is 7.30. The molecule has 2 unspecified atom stereocenters. The molecule has 0 spiro atoms. The third-order valence-corrected chi connectivity index (χ3v) is 4.71. The molecule has 146 valence electrons. The Morgan fingerprint density at radius 1 is 1.22 bits per heavy atom. The maximum atomic E-state index is 11.9. The van der Waals surface area contributed by atoms with Crippen molar-refractivity contribution < 1.29 is 14.7 Å². The van der Waals surface area contributed by atoms with Crippen molar-refractivity contribution in [3.05, 3.63) is 53.6 Å². The molecule has 6 heteroatoms. The molecule has 1 heterocycles. The van der Waals surface area contributed by atoms with Crippen LogP contribution in [0.1, 0.15) is 44.0 Å². The predicted octanol–water partition coefficient (Wildman–Crippen LogP) is 2.83. The number of benzene rings is 1. The van der Waals surface area contributed by atoms with Gasteiger partial charge in [-0.2, -0.15) is 0 Å². The summed E-state index contributed by atoms with van der Waals surface area (Å²) in [6, 6.07) is 6.79. The van der Waals surface area contributed by atoms with Crippen molar-refractivity contribution >= 4 is 11.8 Å². The van der Waals surface area contributed by atoms with Gasteiger partial charge in [-0.05, 0) is 37.3 Å². The van der Waals surface area contributed by atoms with E-state index in [0.29, 0.717) is 18.9 Å². The summed E-state index contributed by atoms with van der Waals surface area (Å²) in [4.78, 5) is 27.9. The van der Waals surface area contributed by atoms with Gasteiger partial charge in [0, 0.05) is 24.9 Å². The van der Waals surface area contributed by atoms with Crippen LogP contribution in [0.15, 0.2) is 36.8 Å². The molecule has 0 fully saturated rings. The van der Waals surface area contributed by atoms with Crippen LogP contribution in [0.3, 0.4) is 0 Å². The van der Waals surface area contributed by atoms with Crippen molar-refractivity contribution in [1.82, 2.24) is 14.9 Å². The first-order valence-corrected chi connectivity index (χ1v) is 9.30. The quantitative estimate of drug-likeness (QED) is 0.671. The average Bonchev–Trinajstić information content (AvgIpc) is 3.01. The number of hydrogen-bond donors (Lipinski definition) is 2. The highest BCUT2D eigenvalue weighted by molar-refractivity contribution is 5.82. The van der Waals surface area contributed by atoms with E-state index >= 15 is 0 Å². The lowest BCUT2D eigenvalue weighted by atomic mass is 9.99. The van der Waals surface area contributed by atoms with Gasteiger partial charge in [0.2, 0.25) is 0 Å². The SMILES string of the molecule is CC(=O)C(CC(C)C)NC(Cc1cncn1Cc1ccccc1C)C(=O)O. The van der Waals surface area contributed by atoms with Crippen molar-refractivity contribution in [2.75, 3.05) is 0 Å². The number of nitrogens with zero attached hydrogens (tertiary/aromatic N) is 2. The maximum Gasteiger partial charge on any atom is 0.321 e. The fourth-order valence-electron chi connectivity index (χ4n) is 3.12. The number of imidazole rings is 1. The van der Waals surface area contributed by atoms with Crippen LogP contribution in [0, 0.1) is 12.8 Å². The highest BCUT2D eigenvalue weighted by Crippen LogP contribution is 2.13. The van der Waals surface area contributed by atoms with Gasteiger partial charge in [-0.3, -0.25) is 14.9 Å². The van der Waals surface area contributed by atoms with Gasteiger partial charge in [0.15, 0.2) is 0 Å². The molecule has 27 heavy (non-hydrogen) atoms.